The van der Waals surface area contributed by atoms with Crippen molar-refractivity contribution in [2.24, 2.45) is 0 Å². The van der Waals surface area contributed by atoms with Gasteiger partial charge in [0.15, 0.2) is 17.2 Å². The van der Waals surface area contributed by atoms with Crippen molar-refractivity contribution in [3.63, 3.8) is 0 Å². The fraction of sp³-hybridized carbons (Fsp3) is 0.286. The van der Waals surface area contributed by atoms with Gasteiger partial charge in [-0.15, -0.1) is 0 Å². The Bertz CT molecular complexity index is 747. The second-order valence-electron chi connectivity index (χ2n) is 5.02. The molecule has 0 saturated carbocycles. The van der Waals surface area contributed by atoms with E-state index in [0.29, 0.717) is 35.8 Å². The van der Waals surface area contributed by atoms with Gasteiger partial charge in [0.1, 0.15) is 5.52 Å². The quantitative estimate of drug-likeness (QED) is 0.713. The molecule has 0 aliphatic carbocycles. The largest absolute Gasteiger partial charge is 0.449 e. The van der Waals surface area contributed by atoms with Crippen molar-refractivity contribution in [1.82, 2.24) is 20.0 Å². The molecule has 7 nitrogen and oxygen atoms in total. The van der Waals surface area contributed by atoms with Crippen molar-refractivity contribution < 1.29 is 13.7 Å². The van der Waals surface area contributed by atoms with Crippen LogP contribution in [0.4, 0.5) is 0 Å². The van der Waals surface area contributed by atoms with E-state index in [2.05, 4.69) is 15.1 Å². The summed E-state index contributed by atoms with van der Waals surface area (Å²) in [6.45, 7) is 1.23. The van der Waals surface area contributed by atoms with Gasteiger partial charge in [0, 0.05) is 31.3 Å². The Kier molecular flexibility index (Phi) is 2.70. The molecule has 1 aliphatic rings. The lowest BCUT2D eigenvalue weighted by Crippen LogP contribution is -2.28. The third-order valence-electron chi connectivity index (χ3n) is 3.72. The molecule has 4 heterocycles. The number of amides is 1. The van der Waals surface area contributed by atoms with Crippen molar-refractivity contribution in [2.75, 3.05) is 13.1 Å². The first-order valence-electron chi connectivity index (χ1n) is 6.71. The minimum atomic E-state index is -0.126. The number of hydrogen-bond acceptors (Lipinski definition) is 6. The van der Waals surface area contributed by atoms with Crippen molar-refractivity contribution in [3.05, 3.63) is 42.4 Å². The summed E-state index contributed by atoms with van der Waals surface area (Å²) in [4.78, 5) is 22.4. The first-order valence-corrected chi connectivity index (χ1v) is 6.71. The van der Waals surface area contributed by atoms with Crippen LogP contribution in [0, 0.1) is 0 Å². The monoisotopic (exact) mass is 284 g/mol. The van der Waals surface area contributed by atoms with Crippen molar-refractivity contribution in [2.45, 2.75) is 12.3 Å². The number of rotatable bonds is 2. The molecule has 1 saturated heterocycles. The molecule has 1 unspecified atom stereocenters. The molecule has 1 amide bonds. The molecule has 7 heteroatoms. The van der Waals surface area contributed by atoms with Gasteiger partial charge in [-0.05, 0) is 18.6 Å². The lowest BCUT2D eigenvalue weighted by molar-refractivity contribution is 0.0761. The van der Waals surface area contributed by atoms with Gasteiger partial charge in [0.05, 0.1) is 0 Å². The number of fused-ring (bicyclic) bond motifs is 1. The van der Waals surface area contributed by atoms with Gasteiger partial charge < -0.3 is 13.8 Å². The number of carbonyl (C=O) groups is 1. The summed E-state index contributed by atoms with van der Waals surface area (Å²) in [5.74, 6) is 0.961. The average molecular weight is 284 g/mol. The summed E-state index contributed by atoms with van der Waals surface area (Å²) in [5.41, 5.74) is 1.31. The highest BCUT2D eigenvalue weighted by Gasteiger charge is 2.31. The Morgan fingerprint density at radius 3 is 3.14 bits per heavy atom. The number of aromatic nitrogens is 3. The summed E-state index contributed by atoms with van der Waals surface area (Å²) >= 11 is 0. The van der Waals surface area contributed by atoms with Crippen LogP contribution in [0.2, 0.25) is 0 Å². The summed E-state index contributed by atoms with van der Waals surface area (Å²) in [6, 6.07) is 5.26. The standard InChI is InChI=1S/C14H12N4O3/c19-14(12-6-10-11(21-12)2-1-4-15-10)18-5-3-9(7-18)13-16-8-20-17-13/h1-2,4,6,8-9H,3,5,7H2. The number of furan rings is 1. The normalized spacial score (nSPS) is 18.5. The Hall–Kier alpha value is -2.70. The van der Waals surface area contributed by atoms with Crippen molar-refractivity contribution in [3.8, 4) is 0 Å². The van der Waals surface area contributed by atoms with Gasteiger partial charge in [-0.25, -0.2) is 0 Å². The van der Waals surface area contributed by atoms with Crippen LogP contribution >= 0.6 is 0 Å². The Morgan fingerprint density at radius 1 is 1.38 bits per heavy atom. The Morgan fingerprint density at radius 2 is 2.33 bits per heavy atom. The SMILES string of the molecule is O=C(c1cc2ncccc2o1)N1CCC(c2ncon2)C1. The van der Waals surface area contributed by atoms with Crippen LogP contribution < -0.4 is 0 Å². The molecule has 1 atom stereocenters. The summed E-state index contributed by atoms with van der Waals surface area (Å²) in [6.07, 6.45) is 3.81. The van der Waals surface area contributed by atoms with Gasteiger partial charge in [-0.2, -0.15) is 4.98 Å². The van der Waals surface area contributed by atoms with Gasteiger partial charge >= 0.3 is 0 Å². The summed E-state index contributed by atoms with van der Waals surface area (Å²) < 4.78 is 10.3. The van der Waals surface area contributed by atoms with Gasteiger partial charge in [-0.3, -0.25) is 9.78 Å². The minimum absolute atomic E-state index is 0.121. The number of hydrogen-bond donors (Lipinski definition) is 0. The Balaban J connectivity index is 1.55. The fourth-order valence-electron chi connectivity index (χ4n) is 2.64. The van der Waals surface area contributed by atoms with E-state index in [-0.39, 0.29) is 11.8 Å². The predicted molar refractivity (Wildman–Crippen MR) is 71.6 cm³/mol. The molecule has 1 aliphatic heterocycles. The zero-order valence-corrected chi connectivity index (χ0v) is 11.1. The van der Waals surface area contributed by atoms with Crippen LogP contribution in [-0.2, 0) is 0 Å². The first-order chi connectivity index (χ1) is 10.3. The molecule has 0 radical (unpaired) electrons. The van der Waals surface area contributed by atoms with Crippen LogP contribution in [0.5, 0.6) is 0 Å². The van der Waals surface area contributed by atoms with Crippen LogP contribution in [0.25, 0.3) is 11.1 Å². The molecule has 0 N–H and O–H groups in total. The number of pyridine rings is 1. The summed E-state index contributed by atoms with van der Waals surface area (Å²) in [7, 11) is 0. The highest BCUT2D eigenvalue weighted by atomic mass is 16.5. The molecule has 0 bridgehead atoms. The second kappa shape index (κ2) is 4.69. The van der Waals surface area contributed by atoms with E-state index in [0.717, 1.165) is 6.42 Å². The minimum Gasteiger partial charge on any atom is -0.449 e. The van der Waals surface area contributed by atoms with E-state index >= 15 is 0 Å². The van der Waals surface area contributed by atoms with E-state index < -0.39 is 0 Å². The molecule has 21 heavy (non-hydrogen) atoms. The van der Waals surface area contributed by atoms with Crippen LogP contribution in [0.15, 0.2) is 39.7 Å². The van der Waals surface area contributed by atoms with E-state index in [1.54, 1.807) is 29.3 Å². The maximum Gasteiger partial charge on any atom is 0.289 e. The van der Waals surface area contributed by atoms with Crippen LogP contribution in [-0.4, -0.2) is 39.0 Å². The lowest BCUT2D eigenvalue weighted by Gasteiger charge is -2.13. The average Bonchev–Trinajstić information content (AvgIpc) is 3.24. The van der Waals surface area contributed by atoms with Crippen molar-refractivity contribution in [1.29, 1.82) is 0 Å². The topological polar surface area (TPSA) is 85.3 Å². The second-order valence-corrected chi connectivity index (χ2v) is 5.02. The number of likely N-dealkylation sites (tertiary alicyclic amines) is 1. The first kappa shape index (κ1) is 12.1. The Labute approximate surface area is 119 Å². The molecular formula is C14H12N4O3. The third kappa shape index (κ3) is 2.06. The smallest absolute Gasteiger partial charge is 0.289 e. The number of nitrogens with zero attached hydrogens (tertiary/aromatic N) is 4. The lowest BCUT2D eigenvalue weighted by atomic mass is 10.1. The third-order valence-corrected chi connectivity index (χ3v) is 3.72. The zero-order valence-electron chi connectivity index (χ0n) is 11.1. The van der Waals surface area contributed by atoms with E-state index in [4.69, 9.17) is 8.94 Å². The molecule has 106 valence electrons. The highest BCUT2D eigenvalue weighted by Crippen LogP contribution is 2.27. The van der Waals surface area contributed by atoms with E-state index in [1.807, 2.05) is 0 Å². The molecule has 1 fully saturated rings. The van der Waals surface area contributed by atoms with Gasteiger partial charge in [0.2, 0.25) is 6.39 Å². The summed E-state index contributed by atoms with van der Waals surface area (Å²) in [5, 5.41) is 3.84. The highest BCUT2D eigenvalue weighted by molar-refractivity contribution is 5.95. The molecule has 0 aromatic carbocycles. The predicted octanol–water partition coefficient (Wildman–Crippen LogP) is 1.84. The van der Waals surface area contributed by atoms with Crippen LogP contribution in [0.3, 0.4) is 0 Å². The van der Waals surface area contributed by atoms with Gasteiger partial charge in [-0.1, -0.05) is 5.16 Å². The van der Waals surface area contributed by atoms with Crippen LogP contribution in [0.1, 0.15) is 28.7 Å². The molecule has 3 aromatic heterocycles. The maximum absolute atomic E-state index is 12.5. The fourth-order valence-corrected chi connectivity index (χ4v) is 2.64. The van der Waals surface area contributed by atoms with E-state index in [1.165, 1.54) is 6.39 Å². The van der Waals surface area contributed by atoms with Crippen molar-refractivity contribution >= 4 is 17.0 Å². The molecule has 3 aromatic rings. The van der Waals surface area contributed by atoms with E-state index in [9.17, 15) is 4.79 Å². The number of carbonyl (C=O) groups excluding carboxylic acids is 1. The molecule has 0 spiro atoms. The van der Waals surface area contributed by atoms with Gasteiger partial charge in [0.25, 0.3) is 5.91 Å². The zero-order chi connectivity index (χ0) is 14.2. The maximum atomic E-state index is 12.5. The molecular weight excluding hydrogens is 272 g/mol. The molecule has 4 rings (SSSR count).